The van der Waals surface area contributed by atoms with Crippen LogP contribution in [0.3, 0.4) is 0 Å². The molecule has 0 amide bonds. The van der Waals surface area contributed by atoms with Crippen LogP contribution >= 0.6 is 11.6 Å². The summed E-state index contributed by atoms with van der Waals surface area (Å²) in [6, 6.07) is 3.52. The summed E-state index contributed by atoms with van der Waals surface area (Å²) in [5.41, 5.74) is 0.844. The van der Waals surface area contributed by atoms with Crippen LogP contribution in [0.4, 0.5) is 0 Å². The van der Waals surface area contributed by atoms with Crippen LogP contribution in [0.25, 0.3) is 11.4 Å². The third-order valence-corrected chi connectivity index (χ3v) is 1.83. The van der Waals surface area contributed by atoms with Gasteiger partial charge in [-0.2, -0.15) is 0 Å². The van der Waals surface area contributed by atoms with Gasteiger partial charge in [0.05, 0.1) is 0 Å². The minimum absolute atomic E-state index is 0.457. The lowest BCUT2D eigenvalue weighted by Gasteiger charge is -1.96. The van der Waals surface area contributed by atoms with Gasteiger partial charge in [0.1, 0.15) is 5.15 Å². The van der Waals surface area contributed by atoms with E-state index in [-0.39, 0.29) is 0 Å². The van der Waals surface area contributed by atoms with Crippen LogP contribution in [0.2, 0.25) is 5.15 Å². The van der Waals surface area contributed by atoms with Crippen molar-refractivity contribution < 1.29 is 0 Å². The molecule has 0 fully saturated rings. The van der Waals surface area contributed by atoms with Crippen LogP contribution in [0, 0.1) is 0 Å². The monoisotopic (exact) mass is 195 g/mol. The topological polar surface area (TPSA) is 56.5 Å². The zero-order chi connectivity index (χ0) is 9.26. The second kappa shape index (κ2) is 3.10. The van der Waals surface area contributed by atoms with Gasteiger partial charge in [-0.05, 0) is 22.6 Å². The number of hydrogen-bond acceptors (Lipinski definition) is 4. The third kappa shape index (κ3) is 1.50. The van der Waals surface area contributed by atoms with Crippen LogP contribution in [0.5, 0.6) is 0 Å². The number of aromatic nitrogens is 5. The summed E-state index contributed by atoms with van der Waals surface area (Å²) in [7, 11) is 1.77. The van der Waals surface area contributed by atoms with E-state index in [4.69, 9.17) is 11.6 Å². The van der Waals surface area contributed by atoms with E-state index in [1.54, 1.807) is 24.0 Å². The Hall–Kier alpha value is -1.49. The van der Waals surface area contributed by atoms with Crippen molar-refractivity contribution in [1.82, 2.24) is 25.2 Å². The third-order valence-electron chi connectivity index (χ3n) is 1.61. The summed E-state index contributed by atoms with van der Waals surface area (Å²) in [6.45, 7) is 0. The first-order chi connectivity index (χ1) is 6.27. The maximum atomic E-state index is 5.64. The zero-order valence-electron chi connectivity index (χ0n) is 6.85. The molecular formula is C7H6ClN5. The quantitative estimate of drug-likeness (QED) is 0.636. The molecule has 2 aromatic rings. The van der Waals surface area contributed by atoms with Crippen LogP contribution in [0.15, 0.2) is 18.3 Å². The molecule has 2 aromatic heterocycles. The fraction of sp³-hybridized carbons (Fsp3) is 0.143. The highest BCUT2D eigenvalue weighted by atomic mass is 35.5. The molecule has 0 aliphatic rings. The number of nitrogens with zero attached hydrogens (tertiary/aromatic N) is 5. The molecular weight excluding hydrogens is 190 g/mol. The summed E-state index contributed by atoms with van der Waals surface area (Å²) in [6.07, 6.45) is 1.63. The Labute approximate surface area is 79.4 Å². The van der Waals surface area contributed by atoms with Gasteiger partial charge in [0.2, 0.25) is 0 Å². The molecule has 0 aliphatic carbocycles. The number of hydrogen-bond donors (Lipinski definition) is 0. The average Bonchev–Trinajstić information content (AvgIpc) is 2.53. The second-order valence-corrected chi connectivity index (χ2v) is 2.88. The minimum atomic E-state index is 0.457. The van der Waals surface area contributed by atoms with Crippen molar-refractivity contribution >= 4 is 11.6 Å². The fourth-order valence-electron chi connectivity index (χ4n) is 0.982. The standard InChI is InChI=1S/C7H6ClN5/c1-13-7(10-11-12-13)5-2-3-6(8)9-4-5/h2-4H,1H3. The number of tetrazole rings is 1. The van der Waals surface area contributed by atoms with Gasteiger partial charge < -0.3 is 0 Å². The number of pyridine rings is 1. The highest BCUT2D eigenvalue weighted by Gasteiger charge is 2.04. The van der Waals surface area contributed by atoms with Gasteiger partial charge in [-0.25, -0.2) is 9.67 Å². The molecule has 6 heteroatoms. The van der Waals surface area contributed by atoms with Crippen LogP contribution in [-0.4, -0.2) is 25.2 Å². The summed E-state index contributed by atoms with van der Waals surface area (Å²) in [5.74, 6) is 0.671. The first-order valence-corrected chi connectivity index (χ1v) is 3.99. The Bertz CT molecular complexity index is 407. The molecule has 0 bridgehead atoms. The first kappa shape index (κ1) is 8.12. The van der Waals surface area contributed by atoms with E-state index in [1.165, 1.54) is 0 Å². The van der Waals surface area contributed by atoms with Crippen molar-refractivity contribution in [2.45, 2.75) is 0 Å². The number of halogens is 1. The Kier molecular flexibility index (Phi) is 1.94. The summed E-state index contributed by atoms with van der Waals surface area (Å²) in [5, 5.41) is 11.5. The summed E-state index contributed by atoms with van der Waals surface area (Å²) in [4.78, 5) is 3.93. The van der Waals surface area contributed by atoms with Crippen molar-refractivity contribution in [3.8, 4) is 11.4 Å². The molecule has 2 rings (SSSR count). The Morgan fingerprint density at radius 2 is 2.23 bits per heavy atom. The molecule has 0 unspecified atom stereocenters. The smallest absolute Gasteiger partial charge is 0.183 e. The molecule has 0 saturated heterocycles. The van der Waals surface area contributed by atoms with E-state index >= 15 is 0 Å². The highest BCUT2D eigenvalue weighted by molar-refractivity contribution is 6.29. The Morgan fingerprint density at radius 3 is 2.77 bits per heavy atom. The highest BCUT2D eigenvalue weighted by Crippen LogP contribution is 2.14. The average molecular weight is 196 g/mol. The molecule has 0 N–H and O–H groups in total. The summed E-state index contributed by atoms with van der Waals surface area (Å²) >= 11 is 5.64. The molecule has 0 aliphatic heterocycles. The normalized spacial score (nSPS) is 10.3. The summed E-state index contributed by atoms with van der Waals surface area (Å²) < 4.78 is 1.57. The maximum Gasteiger partial charge on any atom is 0.183 e. The lowest BCUT2D eigenvalue weighted by atomic mass is 10.3. The van der Waals surface area contributed by atoms with Crippen LogP contribution < -0.4 is 0 Å². The molecule has 0 radical (unpaired) electrons. The molecule has 0 aromatic carbocycles. The maximum absolute atomic E-state index is 5.64. The van der Waals surface area contributed by atoms with Gasteiger partial charge >= 0.3 is 0 Å². The molecule has 5 nitrogen and oxygen atoms in total. The van der Waals surface area contributed by atoms with Crippen molar-refractivity contribution in [3.05, 3.63) is 23.5 Å². The SMILES string of the molecule is Cn1nnnc1-c1ccc(Cl)nc1. The lowest BCUT2D eigenvalue weighted by molar-refractivity contribution is 0.714. The Balaban J connectivity index is 2.47. The largest absolute Gasteiger partial charge is 0.244 e. The fourth-order valence-corrected chi connectivity index (χ4v) is 1.09. The molecule has 2 heterocycles. The van der Waals surface area contributed by atoms with Crippen molar-refractivity contribution in [1.29, 1.82) is 0 Å². The van der Waals surface area contributed by atoms with Crippen molar-refractivity contribution in [3.63, 3.8) is 0 Å². The molecule has 66 valence electrons. The van der Waals surface area contributed by atoms with Gasteiger partial charge in [0.15, 0.2) is 5.82 Å². The van der Waals surface area contributed by atoms with E-state index in [0.717, 1.165) is 5.56 Å². The predicted octanol–water partition coefficient (Wildman–Crippen LogP) is 0.925. The number of aryl methyl sites for hydroxylation is 1. The second-order valence-electron chi connectivity index (χ2n) is 2.50. The van der Waals surface area contributed by atoms with Gasteiger partial charge in [-0.15, -0.1) is 5.10 Å². The van der Waals surface area contributed by atoms with E-state index in [0.29, 0.717) is 11.0 Å². The Morgan fingerprint density at radius 1 is 1.38 bits per heavy atom. The number of rotatable bonds is 1. The molecule has 13 heavy (non-hydrogen) atoms. The predicted molar refractivity (Wildman–Crippen MR) is 47.0 cm³/mol. The molecule has 0 spiro atoms. The van der Waals surface area contributed by atoms with E-state index in [9.17, 15) is 0 Å². The van der Waals surface area contributed by atoms with Gasteiger partial charge in [0.25, 0.3) is 0 Å². The molecule has 0 saturated carbocycles. The molecule has 0 atom stereocenters. The van der Waals surface area contributed by atoms with Gasteiger partial charge in [-0.3, -0.25) is 0 Å². The van der Waals surface area contributed by atoms with Crippen molar-refractivity contribution in [2.75, 3.05) is 0 Å². The van der Waals surface area contributed by atoms with Crippen LogP contribution in [-0.2, 0) is 7.05 Å². The lowest BCUT2D eigenvalue weighted by Crippen LogP contribution is -1.94. The van der Waals surface area contributed by atoms with E-state index in [1.807, 2.05) is 6.07 Å². The van der Waals surface area contributed by atoms with Gasteiger partial charge in [0, 0.05) is 18.8 Å². The van der Waals surface area contributed by atoms with E-state index < -0.39 is 0 Å². The first-order valence-electron chi connectivity index (χ1n) is 3.61. The van der Waals surface area contributed by atoms with Gasteiger partial charge in [-0.1, -0.05) is 11.6 Å². The van der Waals surface area contributed by atoms with Crippen molar-refractivity contribution in [2.24, 2.45) is 7.05 Å². The van der Waals surface area contributed by atoms with Crippen LogP contribution in [0.1, 0.15) is 0 Å². The zero-order valence-corrected chi connectivity index (χ0v) is 7.60. The van der Waals surface area contributed by atoms with E-state index in [2.05, 4.69) is 20.5 Å². The minimum Gasteiger partial charge on any atom is -0.244 e.